The Morgan fingerprint density at radius 2 is 2.00 bits per heavy atom. The van der Waals surface area contributed by atoms with Crippen molar-refractivity contribution >= 4 is 46.3 Å². The van der Waals surface area contributed by atoms with Crippen LogP contribution in [0, 0.1) is 0 Å². The number of alkyl halides is 2. The summed E-state index contributed by atoms with van der Waals surface area (Å²) in [6.07, 6.45) is 4.16. The van der Waals surface area contributed by atoms with Gasteiger partial charge in [0.25, 0.3) is 5.92 Å². The number of carbonyl (C=O) groups is 1. The van der Waals surface area contributed by atoms with E-state index < -0.39 is 5.92 Å². The molecule has 4 heterocycles. The summed E-state index contributed by atoms with van der Waals surface area (Å²) in [5.74, 6) is -1.86. The van der Waals surface area contributed by atoms with Crippen LogP contribution < -0.4 is 15.4 Å². The highest BCUT2D eigenvalue weighted by Crippen LogP contribution is 2.40. The van der Waals surface area contributed by atoms with E-state index in [1.54, 1.807) is 30.9 Å². The Labute approximate surface area is 221 Å². The molecule has 5 rings (SSSR count). The quantitative estimate of drug-likeness (QED) is 0.310. The summed E-state index contributed by atoms with van der Waals surface area (Å²) in [7, 11) is 3.31. The Morgan fingerprint density at radius 1 is 1.24 bits per heavy atom. The summed E-state index contributed by atoms with van der Waals surface area (Å²) in [6.45, 7) is 2.22. The molecule has 2 N–H and O–H groups in total. The molecule has 4 aromatic rings. The lowest BCUT2D eigenvalue weighted by Gasteiger charge is -2.35. The number of ether oxygens (including phenoxy) is 2. The number of aryl methyl sites for hydroxylation is 1. The Hall–Kier alpha value is -3.84. The zero-order valence-electron chi connectivity index (χ0n) is 21.0. The summed E-state index contributed by atoms with van der Waals surface area (Å²) in [6, 6.07) is 4.30. The minimum absolute atomic E-state index is 0.0348. The number of anilines is 3. The van der Waals surface area contributed by atoms with E-state index in [0.717, 1.165) is 6.92 Å². The van der Waals surface area contributed by atoms with Crippen LogP contribution >= 0.6 is 11.6 Å². The van der Waals surface area contributed by atoms with E-state index in [1.165, 1.54) is 30.1 Å². The first kappa shape index (κ1) is 25.8. The van der Waals surface area contributed by atoms with Crippen LogP contribution in [0.1, 0.15) is 38.4 Å². The molecule has 1 saturated carbocycles. The van der Waals surface area contributed by atoms with E-state index in [1.807, 2.05) is 0 Å². The Bertz CT molecular complexity index is 1510. The molecule has 4 aromatic heterocycles. The van der Waals surface area contributed by atoms with Gasteiger partial charge in [-0.25, -0.2) is 9.97 Å². The molecule has 0 atom stereocenters. The second-order valence-corrected chi connectivity index (χ2v) is 9.50. The third-order valence-corrected chi connectivity index (χ3v) is 6.61. The molecule has 1 amide bonds. The third kappa shape index (κ3) is 4.98. The molecule has 14 heteroatoms. The second-order valence-electron chi connectivity index (χ2n) is 9.12. The highest BCUT2D eigenvalue weighted by molar-refractivity contribution is 6.36. The molecule has 0 bridgehead atoms. The van der Waals surface area contributed by atoms with Crippen molar-refractivity contribution < 1.29 is 23.0 Å². The van der Waals surface area contributed by atoms with Crippen molar-refractivity contribution in [2.24, 2.45) is 7.05 Å². The van der Waals surface area contributed by atoms with Gasteiger partial charge in [-0.3, -0.25) is 9.48 Å². The van der Waals surface area contributed by atoms with Crippen molar-refractivity contribution in [3.05, 3.63) is 41.3 Å². The van der Waals surface area contributed by atoms with Crippen LogP contribution in [-0.2, 0) is 22.5 Å². The van der Waals surface area contributed by atoms with Gasteiger partial charge in [-0.05, 0) is 18.9 Å². The van der Waals surface area contributed by atoms with Crippen LogP contribution in [0.3, 0.4) is 0 Å². The van der Waals surface area contributed by atoms with Gasteiger partial charge in [-0.15, -0.1) is 0 Å². The largest absolute Gasteiger partial charge is 0.454 e. The van der Waals surface area contributed by atoms with E-state index in [-0.39, 0.29) is 40.3 Å². The Kier molecular flexibility index (Phi) is 6.65. The first-order valence-corrected chi connectivity index (χ1v) is 12.1. The maximum absolute atomic E-state index is 14.4. The second kappa shape index (κ2) is 9.80. The minimum Gasteiger partial charge on any atom is -0.454 e. The van der Waals surface area contributed by atoms with Gasteiger partial charge in [0, 0.05) is 46.3 Å². The van der Waals surface area contributed by atoms with E-state index in [9.17, 15) is 13.6 Å². The number of methoxy groups -OCH3 is 1. The molecule has 0 unspecified atom stereocenters. The lowest BCUT2D eigenvalue weighted by atomic mass is 9.89. The summed E-state index contributed by atoms with van der Waals surface area (Å²) in [5.41, 5.74) is 0.592. The molecule has 0 radical (unpaired) electrons. The van der Waals surface area contributed by atoms with Crippen LogP contribution in [0.15, 0.2) is 30.6 Å². The van der Waals surface area contributed by atoms with E-state index in [2.05, 4.69) is 30.7 Å². The number of hydrogen-bond donors (Lipinski definition) is 2. The topological polar surface area (TPSA) is 121 Å². The molecule has 11 nitrogen and oxygen atoms in total. The predicted octanol–water partition coefficient (Wildman–Crippen LogP) is 5.17. The zero-order valence-corrected chi connectivity index (χ0v) is 21.8. The van der Waals surface area contributed by atoms with E-state index in [4.69, 9.17) is 21.1 Å². The van der Waals surface area contributed by atoms with Crippen LogP contribution in [0.2, 0.25) is 5.02 Å². The normalized spacial score (nSPS) is 17.3. The summed E-state index contributed by atoms with van der Waals surface area (Å²) < 4.78 is 42.9. The number of amides is 1. The molecule has 0 aliphatic heterocycles. The van der Waals surface area contributed by atoms with E-state index in [0.29, 0.717) is 41.5 Å². The van der Waals surface area contributed by atoms with Crippen molar-refractivity contribution in [1.82, 2.24) is 29.3 Å². The molecular formula is C24H25ClF2N8O3. The molecular weight excluding hydrogens is 522 g/mol. The van der Waals surface area contributed by atoms with Crippen LogP contribution in [0.5, 0.6) is 11.5 Å². The SMILES string of the molecule is CO[C@H]1C[C@H](n2nc(Nc3nc4ncc(Oc5ccnc(NC(C)=O)c5)c(Cl)c4n3C)cc2C(C)(F)F)C1. The Balaban J connectivity index is 1.42. The number of pyridine rings is 2. The fourth-order valence-corrected chi connectivity index (χ4v) is 4.55. The molecule has 0 spiro atoms. The number of imidazole rings is 1. The molecule has 200 valence electrons. The average molecular weight is 547 g/mol. The van der Waals surface area contributed by atoms with Gasteiger partial charge in [0.1, 0.15) is 27.8 Å². The molecule has 1 aliphatic carbocycles. The van der Waals surface area contributed by atoms with Gasteiger partial charge in [-0.2, -0.15) is 18.9 Å². The molecule has 1 aliphatic rings. The van der Waals surface area contributed by atoms with Crippen molar-refractivity contribution in [1.29, 1.82) is 0 Å². The maximum atomic E-state index is 14.4. The maximum Gasteiger partial charge on any atom is 0.286 e. The van der Waals surface area contributed by atoms with Crippen molar-refractivity contribution in [2.45, 2.75) is 44.8 Å². The molecule has 0 aromatic carbocycles. The fraction of sp³-hybridized carbons (Fsp3) is 0.375. The average Bonchev–Trinajstić information content (AvgIpc) is 3.37. The summed E-state index contributed by atoms with van der Waals surface area (Å²) >= 11 is 6.65. The molecule has 1 fully saturated rings. The van der Waals surface area contributed by atoms with Crippen molar-refractivity contribution in [3.63, 3.8) is 0 Å². The predicted molar refractivity (Wildman–Crippen MR) is 136 cm³/mol. The minimum atomic E-state index is -3.08. The first-order chi connectivity index (χ1) is 18.0. The highest BCUT2D eigenvalue weighted by atomic mass is 35.5. The standard InChI is InChI=1S/C24H25ClF2N8O3/c1-12(36)30-18-9-14(5-6-28-18)38-16-11-29-22-21(20(16)25)34(3)23(32-22)31-19-10-17(24(2,26)27)35(33-19)13-7-15(8-13)37-4/h5-6,9-11,13,15H,7-8H2,1-4H3,(H,28,30,36)(H,29,31,32,33)/t13-,15-. The van der Waals surface area contributed by atoms with Gasteiger partial charge >= 0.3 is 0 Å². The number of nitrogens with zero attached hydrogens (tertiary/aromatic N) is 6. The lowest BCUT2D eigenvalue weighted by Crippen LogP contribution is -2.35. The van der Waals surface area contributed by atoms with Gasteiger partial charge in [0.2, 0.25) is 11.9 Å². The number of hydrogen-bond acceptors (Lipinski definition) is 8. The van der Waals surface area contributed by atoms with Crippen molar-refractivity contribution in [2.75, 3.05) is 17.7 Å². The summed E-state index contributed by atoms with van der Waals surface area (Å²) in [5, 5.41) is 10.2. The number of rotatable bonds is 8. The molecule has 38 heavy (non-hydrogen) atoms. The van der Waals surface area contributed by atoms with Gasteiger partial charge in [0.15, 0.2) is 17.2 Å². The zero-order chi connectivity index (χ0) is 27.2. The monoisotopic (exact) mass is 546 g/mol. The first-order valence-electron chi connectivity index (χ1n) is 11.7. The summed E-state index contributed by atoms with van der Waals surface area (Å²) in [4.78, 5) is 24.2. The van der Waals surface area contributed by atoms with Gasteiger partial charge in [0.05, 0.1) is 18.3 Å². The van der Waals surface area contributed by atoms with Crippen molar-refractivity contribution in [3.8, 4) is 11.5 Å². The number of aromatic nitrogens is 6. The number of nitrogens with one attached hydrogen (secondary N) is 2. The number of fused-ring (bicyclic) bond motifs is 1. The Morgan fingerprint density at radius 3 is 2.68 bits per heavy atom. The number of halogens is 3. The van der Waals surface area contributed by atoms with Crippen LogP contribution in [0.25, 0.3) is 11.2 Å². The lowest BCUT2D eigenvalue weighted by molar-refractivity contribution is -0.114. The highest BCUT2D eigenvalue weighted by Gasteiger charge is 2.38. The van der Waals surface area contributed by atoms with Crippen LogP contribution in [0.4, 0.5) is 26.4 Å². The smallest absolute Gasteiger partial charge is 0.286 e. The fourth-order valence-electron chi connectivity index (χ4n) is 4.25. The van der Waals surface area contributed by atoms with Crippen LogP contribution in [-0.4, -0.2) is 48.4 Å². The number of carbonyl (C=O) groups excluding carboxylic acids is 1. The van der Waals surface area contributed by atoms with Gasteiger partial charge in [-0.1, -0.05) is 11.6 Å². The molecule has 0 saturated heterocycles. The van der Waals surface area contributed by atoms with Gasteiger partial charge < -0.3 is 24.7 Å². The third-order valence-electron chi connectivity index (χ3n) is 6.24. The van der Waals surface area contributed by atoms with E-state index >= 15 is 0 Å².